The van der Waals surface area contributed by atoms with E-state index in [4.69, 9.17) is 0 Å². The SMILES string of the molecule is CCN(Cc1ccc(N(C)C)cc1)C(=O)c1cc(C)nc2cc(F)ccc12. The van der Waals surface area contributed by atoms with Gasteiger partial charge in [-0.15, -0.1) is 0 Å². The molecule has 140 valence electrons. The van der Waals surface area contributed by atoms with Crippen LogP contribution in [0, 0.1) is 12.7 Å². The van der Waals surface area contributed by atoms with Gasteiger partial charge >= 0.3 is 0 Å². The van der Waals surface area contributed by atoms with E-state index in [0.29, 0.717) is 35.2 Å². The zero-order chi connectivity index (χ0) is 19.6. The standard InChI is InChI=1S/C22H24FN3O/c1-5-26(14-16-6-9-18(10-7-16)25(3)4)22(27)20-12-15(2)24-21-13-17(23)8-11-19(20)21/h6-13H,5,14H2,1-4H3. The minimum Gasteiger partial charge on any atom is -0.378 e. The number of rotatable bonds is 5. The third-order valence-corrected chi connectivity index (χ3v) is 4.63. The van der Waals surface area contributed by atoms with Crippen LogP contribution in [-0.4, -0.2) is 36.4 Å². The van der Waals surface area contributed by atoms with E-state index >= 15 is 0 Å². The summed E-state index contributed by atoms with van der Waals surface area (Å²) >= 11 is 0. The van der Waals surface area contributed by atoms with Gasteiger partial charge in [0.1, 0.15) is 5.82 Å². The van der Waals surface area contributed by atoms with Gasteiger partial charge in [-0.1, -0.05) is 12.1 Å². The van der Waals surface area contributed by atoms with Crippen molar-refractivity contribution < 1.29 is 9.18 Å². The predicted molar refractivity (Wildman–Crippen MR) is 108 cm³/mol. The third kappa shape index (κ3) is 4.08. The largest absolute Gasteiger partial charge is 0.378 e. The van der Waals surface area contributed by atoms with Gasteiger partial charge in [-0.05, 0) is 49.7 Å². The van der Waals surface area contributed by atoms with Crippen LogP contribution in [0.1, 0.15) is 28.5 Å². The first kappa shape index (κ1) is 18.8. The minimum absolute atomic E-state index is 0.0729. The number of benzene rings is 2. The Bertz CT molecular complexity index is 962. The van der Waals surface area contributed by atoms with Gasteiger partial charge in [0.2, 0.25) is 0 Å². The van der Waals surface area contributed by atoms with Crippen LogP contribution in [0.3, 0.4) is 0 Å². The second-order valence-electron chi connectivity index (χ2n) is 6.85. The number of carbonyl (C=O) groups excluding carboxylic acids is 1. The van der Waals surface area contributed by atoms with Gasteiger partial charge < -0.3 is 9.80 Å². The van der Waals surface area contributed by atoms with E-state index in [1.807, 2.05) is 57.1 Å². The summed E-state index contributed by atoms with van der Waals surface area (Å²) in [6.07, 6.45) is 0. The maximum Gasteiger partial charge on any atom is 0.254 e. The predicted octanol–water partition coefficient (Wildman–Crippen LogP) is 4.41. The third-order valence-electron chi connectivity index (χ3n) is 4.63. The van der Waals surface area contributed by atoms with Gasteiger partial charge in [-0.25, -0.2) is 4.39 Å². The number of fused-ring (bicyclic) bond motifs is 1. The molecule has 1 aromatic heterocycles. The highest BCUT2D eigenvalue weighted by molar-refractivity contribution is 6.06. The number of aryl methyl sites for hydroxylation is 1. The lowest BCUT2D eigenvalue weighted by Gasteiger charge is -2.22. The second-order valence-corrected chi connectivity index (χ2v) is 6.85. The topological polar surface area (TPSA) is 36.4 Å². The Kier molecular flexibility index (Phi) is 5.40. The molecule has 0 aliphatic rings. The summed E-state index contributed by atoms with van der Waals surface area (Å²) in [6.45, 7) is 4.88. The number of aromatic nitrogens is 1. The number of anilines is 1. The molecule has 0 saturated heterocycles. The monoisotopic (exact) mass is 365 g/mol. The number of hydrogen-bond donors (Lipinski definition) is 0. The maximum atomic E-state index is 13.6. The Balaban J connectivity index is 1.92. The summed E-state index contributed by atoms with van der Waals surface area (Å²) in [7, 11) is 3.99. The molecular formula is C22H24FN3O. The average Bonchev–Trinajstić information content (AvgIpc) is 2.64. The van der Waals surface area contributed by atoms with Crippen LogP contribution in [0.25, 0.3) is 10.9 Å². The molecule has 3 aromatic rings. The number of carbonyl (C=O) groups is 1. The maximum absolute atomic E-state index is 13.6. The molecule has 0 saturated carbocycles. The Labute approximate surface area is 159 Å². The van der Waals surface area contributed by atoms with Crippen LogP contribution in [0.4, 0.5) is 10.1 Å². The molecule has 5 heteroatoms. The summed E-state index contributed by atoms with van der Waals surface area (Å²) < 4.78 is 13.6. The molecule has 2 aromatic carbocycles. The zero-order valence-corrected chi connectivity index (χ0v) is 16.2. The lowest BCUT2D eigenvalue weighted by molar-refractivity contribution is 0.0754. The Hall–Kier alpha value is -2.95. The highest BCUT2D eigenvalue weighted by atomic mass is 19.1. The van der Waals surface area contributed by atoms with Gasteiger partial charge in [0.25, 0.3) is 5.91 Å². The number of amides is 1. The number of pyridine rings is 1. The molecule has 0 aliphatic heterocycles. The molecule has 0 radical (unpaired) electrons. The summed E-state index contributed by atoms with van der Waals surface area (Å²) in [5.41, 5.74) is 3.94. The number of hydrogen-bond acceptors (Lipinski definition) is 3. The molecular weight excluding hydrogens is 341 g/mol. The lowest BCUT2D eigenvalue weighted by Crippen LogP contribution is -2.30. The fraction of sp³-hybridized carbons (Fsp3) is 0.273. The minimum atomic E-state index is -0.354. The highest BCUT2D eigenvalue weighted by Gasteiger charge is 2.18. The summed E-state index contributed by atoms with van der Waals surface area (Å²) in [5.74, 6) is -0.427. The summed E-state index contributed by atoms with van der Waals surface area (Å²) in [6, 6.07) is 14.3. The van der Waals surface area contributed by atoms with Crippen molar-refractivity contribution in [1.82, 2.24) is 9.88 Å². The first-order valence-electron chi connectivity index (χ1n) is 9.01. The molecule has 0 atom stereocenters. The fourth-order valence-corrected chi connectivity index (χ4v) is 3.13. The molecule has 0 fully saturated rings. The summed E-state index contributed by atoms with van der Waals surface area (Å²) in [4.78, 5) is 21.4. The van der Waals surface area contributed by atoms with Crippen LogP contribution >= 0.6 is 0 Å². The Morgan fingerprint density at radius 1 is 1.07 bits per heavy atom. The van der Waals surface area contributed by atoms with E-state index in [0.717, 1.165) is 11.3 Å². The van der Waals surface area contributed by atoms with Gasteiger partial charge in [0.15, 0.2) is 0 Å². The normalized spacial score (nSPS) is 10.9. The molecule has 0 unspecified atom stereocenters. The molecule has 0 bridgehead atoms. The van der Waals surface area contributed by atoms with Crippen molar-refractivity contribution >= 4 is 22.5 Å². The van der Waals surface area contributed by atoms with E-state index in [1.165, 1.54) is 12.1 Å². The van der Waals surface area contributed by atoms with Gasteiger partial charge in [-0.2, -0.15) is 0 Å². The van der Waals surface area contributed by atoms with Crippen molar-refractivity contribution in [2.75, 3.05) is 25.5 Å². The van der Waals surface area contributed by atoms with Gasteiger partial charge in [0, 0.05) is 50.0 Å². The van der Waals surface area contributed by atoms with Gasteiger partial charge in [-0.3, -0.25) is 9.78 Å². The first-order chi connectivity index (χ1) is 12.9. The van der Waals surface area contributed by atoms with E-state index < -0.39 is 0 Å². The molecule has 27 heavy (non-hydrogen) atoms. The Morgan fingerprint density at radius 3 is 2.41 bits per heavy atom. The Morgan fingerprint density at radius 2 is 1.78 bits per heavy atom. The van der Waals surface area contributed by atoms with Crippen LogP contribution in [0.2, 0.25) is 0 Å². The van der Waals surface area contributed by atoms with Crippen LogP contribution in [0.15, 0.2) is 48.5 Å². The van der Waals surface area contributed by atoms with Crippen molar-refractivity contribution in [3.8, 4) is 0 Å². The average molecular weight is 365 g/mol. The zero-order valence-electron chi connectivity index (χ0n) is 16.2. The smallest absolute Gasteiger partial charge is 0.254 e. The number of nitrogens with zero attached hydrogens (tertiary/aromatic N) is 3. The highest BCUT2D eigenvalue weighted by Crippen LogP contribution is 2.22. The summed E-state index contributed by atoms with van der Waals surface area (Å²) in [5, 5.41) is 0.674. The molecule has 0 N–H and O–H groups in total. The van der Waals surface area contributed by atoms with Crippen molar-refractivity contribution in [1.29, 1.82) is 0 Å². The van der Waals surface area contributed by atoms with E-state index in [1.54, 1.807) is 17.0 Å². The quantitative estimate of drug-likeness (QED) is 0.672. The van der Waals surface area contributed by atoms with Gasteiger partial charge in [0.05, 0.1) is 11.1 Å². The molecule has 0 spiro atoms. The molecule has 1 heterocycles. The van der Waals surface area contributed by atoms with Crippen LogP contribution in [0.5, 0.6) is 0 Å². The fourth-order valence-electron chi connectivity index (χ4n) is 3.13. The lowest BCUT2D eigenvalue weighted by atomic mass is 10.1. The van der Waals surface area contributed by atoms with Crippen LogP contribution < -0.4 is 4.90 Å². The van der Waals surface area contributed by atoms with Crippen molar-refractivity contribution in [3.05, 3.63) is 71.2 Å². The van der Waals surface area contributed by atoms with Crippen molar-refractivity contribution in [2.24, 2.45) is 0 Å². The van der Waals surface area contributed by atoms with Crippen LogP contribution in [-0.2, 0) is 6.54 Å². The molecule has 1 amide bonds. The van der Waals surface area contributed by atoms with E-state index in [9.17, 15) is 9.18 Å². The molecule has 0 aliphatic carbocycles. The van der Waals surface area contributed by atoms with E-state index in [-0.39, 0.29) is 11.7 Å². The molecule has 3 rings (SSSR count). The van der Waals surface area contributed by atoms with E-state index in [2.05, 4.69) is 4.98 Å². The molecule has 4 nitrogen and oxygen atoms in total. The number of halogens is 1. The first-order valence-corrected chi connectivity index (χ1v) is 9.01. The van der Waals surface area contributed by atoms with Crippen molar-refractivity contribution in [2.45, 2.75) is 20.4 Å². The van der Waals surface area contributed by atoms with Crippen molar-refractivity contribution in [3.63, 3.8) is 0 Å². The second kappa shape index (κ2) is 7.74.